The maximum absolute atomic E-state index is 13.6. The monoisotopic (exact) mass is 326 g/mol. The molecule has 1 aliphatic rings. The summed E-state index contributed by atoms with van der Waals surface area (Å²) < 4.78 is 41.6. The SMILES string of the molecule is CC(C)C(=O)N[C@@]1(C(F)(F)F)Nc2nc3ccccc3n2C1=O. The van der Waals surface area contributed by atoms with E-state index in [1.165, 1.54) is 19.9 Å². The van der Waals surface area contributed by atoms with Gasteiger partial charge in [-0.3, -0.25) is 9.59 Å². The highest BCUT2D eigenvalue weighted by Crippen LogP contribution is 2.39. The number of benzene rings is 1. The van der Waals surface area contributed by atoms with E-state index in [-0.39, 0.29) is 11.5 Å². The minimum absolute atomic E-state index is 0.241. The van der Waals surface area contributed by atoms with E-state index in [1.807, 2.05) is 0 Å². The minimum Gasteiger partial charge on any atom is -0.318 e. The van der Waals surface area contributed by atoms with Gasteiger partial charge in [0.25, 0.3) is 11.6 Å². The molecule has 9 heteroatoms. The standard InChI is InChI=1S/C14H13F3N4O2/c1-7(2)10(22)19-13(14(15,16)17)11(23)21-9-6-4-3-5-8(9)18-12(21)20-13/h3-7H,1-2H3,(H,18,20)(H,19,22)/t13-/m1/s1. The lowest BCUT2D eigenvalue weighted by molar-refractivity contribution is -0.176. The van der Waals surface area contributed by atoms with E-state index < -0.39 is 29.6 Å². The number of amides is 1. The molecule has 2 aromatic rings. The molecule has 1 aromatic heterocycles. The molecule has 0 saturated heterocycles. The van der Waals surface area contributed by atoms with Gasteiger partial charge in [-0.2, -0.15) is 13.2 Å². The quantitative estimate of drug-likeness (QED) is 0.886. The molecule has 0 saturated carbocycles. The van der Waals surface area contributed by atoms with Gasteiger partial charge in [-0.25, -0.2) is 9.55 Å². The normalized spacial score (nSPS) is 20.7. The molecule has 0 aliphatic carbocycles. The number of nitrogens with zero attached hydrogens (tertiary/aromatic N) is 2. The third-order valence-corrected chi connectivity index (χ3v) is 3.64. The Morgan fingerprint density at radius 1 is 1.35 bits per heavy atom. The van der Waals surface area contributed by atoms with E-state index in [4.69, 9.17) is 0 Å². The third kappa shape index (κ3) is 2.07. The van der Waals surface area contributed by atoms with Gasteiger partial charge in [-0.15, -0.1) is 0 Å². The van der Waals surface area contributed by atoms with E-state index >= 15 is 0 Å². The van der Waals surface area contributed by atoms with Gasteiger partial charge >= 0.3 is 6.18 Å². The first-order valence-corrected chi connectivity index (χ1v) is 6.86. The van der Waals surface area contributed by atoms with Crippen molar-refractivity contribution in [1.82, 2.24) is 14.9 Å². The molecule has 23 heavy (non-hydrogen) atoms. The number of hydrogen-bond donors (Lipinski definition) is 2. The first kappa shape index (κ1) is 15.3. The molecule has 0 unspecified atom stereocenters. The number of para-hydroxylation sites is 2. The van der Waals surface area contributed by atoms with E-state index in [9.17, 15) is 22.8 Å². The zero-order valence-electron chi connectivity index (χ0n) is 12.2. The van der Waals surface area contributed by atoms with E-state index in [2.05, 4.69) is 10.3 Å². The Kier molecular flexibility index (Phi) is 3.13. The summed E-state index contributed by atoms with van der Waals surface area (Å²) in [5, 5.41) is 3.85. The molecule has 0 radical (unpaired) electrons. The van der Waals surface area contributed by atoms with Crippen LogP contribution < -0.4 is 10.6 Å². The number of imidazole rings is 1. The summed E-state index contributed by atoms with van der Waals surface area (Å²) in [5.41, 5.74) is -2.58. The number of anilines is 1. The van der Waals surface area contributed by atoms with Gasteiger partial charge in [0, 0.05) is 5.92 Å². The third-order valence-electron chi connectivity index (χ3n) is 3.64. The second-order valence-electron chi connectivity index (χ2n) is 5.58. The van der Waals surface area contributed by atoms with Crippen LogP contribution in [0.2, 0.25) is 0 Å². The van der Waals surface area contributed by atoms with Crippen molar-refractivity contribution in [3.8, 4) is 0 Å². The van der Waals surface area contributed by atoms with Gasteiger partial charge in [0.2, 0.25) is 11.9 Å². The number of hydrogen-bond acceptors (Lipinski definition) is 4. The van der Waals surface area contributed by atoms with Crippen LogP contribution in [0.5, 0.6) is 0 Å². The van der Waals surface area contributed by atoms with Crippen molar-refractivity contribution >= 4 is 28.8 Å². The molecule has 2 N–H and O–H groups in total. The Balaban J connectivity index is 2.13. The lowest BCUT2D eigenvalue weighted by Gasteiger charge is -2.31. The highest BCUT2D eigenvalue weighted by atomic mass is 19.4. The Labute approximate surface area is 128 Å². The molecule has 3 rings (SSSR count). The zero-order chi connectivity index (χ0) is 17.0. The number of alkyl halides is 3. The minimum atomic E-state index is -5.03. The Morgan fingerprint density at radius 2 is 2.00 bits per heavy atom. The predicted octanol–water partition coefficient (Wildman–Crippen LogP) is 2.13. The van der Waals surface area contributed by atoms with Gasteiger partial charge in [0.05, 0.1) is 11.0 Å². The molecule has 1 aromatic carbocycles. The largest absolute Gasteiger partial charge is 0.440 e. The summed E-state index contributed by atoms with van der Waals surface area (Å²) in [4.78, 5) is 28.3. The Morgan fingerprint density at radius 3 is 2.61 bits per heavy atom. The Hall–Kier alpha value is -2.58. The maximum Gasteiger partial charge on any atom is 0.440 e. The number of aromatic nitrogens is 2. The molecule has 1 aliphatic heterocycles. The van der Waals surface area contributed by atoms with Crippen LogP contribution in [0, 0.1) is 5.92 Å². The van der Waals surface area contributed by atoms with E-state index in [0.717, 1.165) is 4.57 Å². The molecule has 122 valence electrons. The summed E-state index contributed by atoms with van der Waals surface area (Å²) in [6.07, 6.45) is -5.03. The van der Waals surface area contributed by atoms with E-state index in [1.54, 1.807) is 23.5 Å². The second-order valence-corrected chi connectivity index (χ2v) is 5.58. The first-order chi connectivity index (χ1) is 10.7. The summed E-state index contributed by atoms with van der Waals surface area (Å²) in [6, 6.07) is 6.32. The van der Waals surface area contributed by atoms with Gasteiger partial charge in [-0.05, 0) is 12.1 Å². The molecule has 0 fully saturated rings. The summed E-state index contributed by atoms with van der Waals surface area (Å²) in [6.45, 7) is 2.87. The van der Waals surface area contributed by atoms with Gasteiger partial charge in [-0.1, -0.05) is 26.0 Å². The van der Waals surface area contributed by atoms with Crippen LogP contribution in [0.1, 0.15) is 18.6 Å². The van der Waals surface area contributed by atoms with Gasteiger partial charge < -0.3 is 10.6 Å². The van der Waals surface area contributed by atoms with Crippen LogP contribution in [-0.4, -0.2) is 33.2 Å². The fraction of sp³-hybridized carbons (Fsp3) is 0.357. The summed E-state index contributed by atoms with van der Waals surface area (Å²) in [5.74, 6) is -3.19. The molecule has 0 bridgehead atoms. The van der Waals surface area contributed by atoms with Crippen molar-refractivity contribution in [2.24, 2.45) is 5.92 Å². The molecule has 2 heterocycles. The zero-order valence-corrected chi connectivity index (χ0v) is 12.2. The van der Waals surface area contributed by atoms with Crippen molar-refractivity contribution in [2.45, 2.75) is 25.7 Å². The average Bonchev–Trinajstić information content (AvgIpc) is 2.93. The van der Waals surface area contributed by atoms with Crippen LogP contribution in [0.15, 0.2) is 24.3 Å². The van der Waals surface area contributed by atoms with Crippen molar-refractivity contribution in [3.05, 3.63) is 24.3 Å². The maximum atomic E-state index is 13.6. The highest BCUT2D eigenvalue weighted by molar-refractivity contribution is 6.06. The molecule has 0 spiro atoms. The molecular formula is C14H13F3N4O2. The Bertz CT molecular complexity index is 812. The number of nitrogens with one attached hydrogen (secondary N) is 2. The summed E-state index contributed by atoms with van der Waals surface area (Å²) >= 11 is 0. The lowest BCUT2D eigenvalue weighted by atomic mass is 10.1. The number of carbonyl (C=O) groups excluding carboxylic acids is 2. The average molecular weight is 326 g/mol. The molecular weight excluding hydrogens is 313 g/mol. The highest BCUT2D eigenvalue weighted by Gasteiger charge is 2.66. The van der Waals surface area contributed by atoms with Crippen LogP contribution in [0.3, 0.4) is 0 Å². The molecule has 1 amide bonds. The lowest BCUT2D eigenvalue weighted by Crippen LogP contribution is -2.67. The number of carbonyl (C=O) groups is 2. The van der Waals surface area contributed by atoms with Crippen molar-refractivity contribution in [2.75, 3.05) is 5.32 Å². The fourth-order valence-electron chi connectivity index (χ4n) is 2.38. The van der Waals surface area contributed by atoms with E-state index in [0.29, 0.717) is 5.52 Å². The van der Waals surface area contributed by atoms with Crippen LogP contribution >= 0.6 is 0 Å². The van der Waals surface area contributed by atoms with Crippen molar-refractivity contribution < 1.29 is 22.8 Å². The molecule has 1 atom stereocenters. The van der Waals surface area contributed by atoms with Crippen LogP contribution in [0.25, 0.3) is 11.0 Å². The first-order valence-electron chi connectivity index (χ1n) is 6.86. The second kappa shape index (κ2) is 4.71. The fourth-order valence-corrected chi connectivity index (χ4v) is 2.38. The number of rotatable bonds is 2. The smallest absolute Gasteiger partial charge is 0.318 e. The summed E-state index contributed by atoms with van der Waals surface area (Å²) in [7, 11) is 0. The van der Waals surface area contributed by atoms with Gasteiger partial charge in [0.15, 0.2) is 0 Å². The number of halogens is 3. The number of fused-ring (bicyclic) bond motifs is 3. The van der Waals surface area contributed by atoms with Crippen LogP contribution in [0.4, 0.5) is 19.1 Å². The van der Waals surface area contributed by atoms with Gasteiger partial charge in [0.1, 0.15) is 0 Å². The van der Waals surface area contributed by atoms with Crippen molar-refractivity contribution in [1.29, 1.82) is 0 Å². The van der Waals surface area contributed by atoms with Crippen molar-refractivity contribution in [3.63, 3.8) is 0 Å². The molecule has 6 nitrogen and oxygen atoms in total. The predicted molar refractivity (Wildman–Crippen MR) is 75.7 cm³/mol. The topological polar surface area (TPSA) is 76.0 Å². The van der Waals surface area contributed by atoms with Crippen LogP contribution in [-0.2, 0) is 4.79 Å².